The van der Waals surface area contributed by atoms with Crippen molar-refractivity contribution < 1.29 is 32.6 Å². The Morgan fingerprint density at radius 3 is 2.26 bits per heavy atom. The van der Waals surface area contributed by atoms with Gasteiger partial charge in [0.2, 0.25) is 5.91 Å². The van der Waals surface area contributed by atoms with E-state index in [4.69, 9.17) is 9.84 Å². The summed E-state index contributed by atoms with van der Waals surface area (Å²) in [6.45, 7) is 1.69. The summed E-state index contributed by atoms with van der Waals surface area (Å²) >= 11 is 0. The molecule has 2 aromatic carbocycles. The Balaban J connectivity index is 1.42. The number of hydrogen-bond acceptors (Lipinski definition) is 6. The number of alkyl carbamates (subject to hydrolysis) is 1. The molecule has 1 fully saturated rings. The lowest BCUT2D eigenvalue weighted by Crippen LogP contribution is -2.57. The van der Waals surface area contributed by atoms with E-state index in [-0.39, 0.29) is 31.2 Å². The normalized spacial score (nSPS) is 19.3. The number of hydrogen-bond donors (Lipinski definition) is 2. The lowest BCUT2D eigenvalue weighted by atomic mass is 9.98. The highest BCUT2D eigenvalue weighted by atomic mass is 32.2. The van der Waals surface area contributed by atoms with Crippen LogP contribution in [0.1, 0.15) is 36.8 Å². The molecule has 1 heterocycles. The van der Waals surface area contributed by atoms with Gasteiger partial charge >= 0.3 is 12.1 Å². The average molecular weight is 501 g/mol. The second-order valence-corrected chi connectivity index (χ2v) is 11.1. The van der Waals surface area contributed by atoms with Crippen LogP contribution in [0.4, 0.5) is 4.79 Å². The van der Waals surface area contributed by atoms with Crippen LogP contribution in [0, 0.1) is 0 Å². The van der Waals surface area contributed by atoms with Crippen molar-refractivity contribution in [2.75, 3.05) is 24.7 Å². The predicted molar refractivity (Wildman–Crippen MR) is 129 cm³/mol. The topological polar surface area (TPSA) is 130 Å². The van der Waals surface area contributed by atoms with Crippen molar-refractivity contribution in [3.8, 4) is 11.1 Å². The van der Waals surface area contributed by atoms with Crippen molar-refractivity contribution in [1.29, 1.82) is 0 Å². The molecule has 0 radical (unpaired) electrons. The van der Waals surface area contributed by atoms with E-state index in [1.165, 1.54) is 4.90 Å². The highest BCUT2D eigenvalue weighted by Gasteiger charge is 2.38. The molecule has 2 aromatic rings. The number of aliphatic carboxylic acids is 1. The van der Waals surface area contributed by atoms with Crippen molar-refractivity contribution in [3.05, 3.63) is 59.7 Å². The van der Waals surface area contributed by atoms with Gasteiger partial charge in [0.15, 0.2) is 9.84 Å². The van der Waals surface area contributed by atoms with E-state index in [1.54, 1.807) is 6.92 Å². The summed E-state index contributed by atoms with van der Waals surface area (Å²) in [5.41, 5.74) is 4.33. The highest BCUT2D eigenvalue weighted by molar-refractivity contribution is 7.91. The third-order valence-corrected chi connectivity index (χ3v) is 8.26. The molecule has 1 saturated heterocycles. The average Bonchev–Trinajstić information content (AvgIpc) is 3.14. The van der Waals surface area contributed by atoms with Crippen LogP contribution in [0.2, 0.25) is 0 Å². The molecule has 2 aliphatic rings. The van der Waals surface area contributed by atoms with Gasteiger partial charge in [0.05, 0.1) is 24.0 Å². The lowest BCUT2D eigenvalue weighted by molar-refractivity contribution is -0.141. The van der Waals surface area contributed by atoms with Crippen LogP contribution in [0.3, 0.4) is 0 Å². The van der Waals surface area contributed by atoms with Crippen molar-refractivity contribution in [2.24, 2.45) is 0 Å². The fourth-order valence-electron chi connectivity index (χ4n) is 4.87. The molecule has 1 aliphatic carbocycles. The number of nitrogens with one attached hydrogen (secondary N) is 1. The van der Waals surface area contributed by atoms with Gasteiger partial charge in [-0.3, -0.25) is 9.59 Å². The van der Waals surface area contributed by atoms with Gasteiger partial charge in [0.25, 0.3) is 0 Å². The van der Waals surface area contributed by atoms with Crippen LogP contribution >= 0.6 is 0 Å². The number of carbonyl (C=O) groups excluding carboxylic acids is 2. The maximum absolute atomic E-state index is 13.1. The van der Waals surface area contributed by atoms with Gasteiger partial charge in [-0.05, 0) is 28.7 Å². The van der Waals surface area contributed by atoms with Gasteiger partial charge in [-0.25, -0.2) is 13.2 Å². The van der Waals surface area contributed by atoms with E-state index in [0.29, 0.717) is 0 Å². The lowest BCUT2D eigenvalue weighted by Gasteiger charge is -2.36. The van der Waals surface area contributed by atoms with Gasteiger partial charge < -0.3 is 20.1 Å². The second-order valence-electron chi connectivity index (χ2n) is 8.83. The molecule has 2 amide bonds. The van der Waals surface area contributed by atoms with Crippen LogP contribution < -0.4 is 5.32 Å². The summed E-state index contributed by atoms with van der Waals surface area (Å²) in [5.74, 6) is -2.48. The number of carbonyl (C=O) groups is 3. The molecule has 1 aliphatic heterocycles. The molecular formula is C25H28N2O7S. The van der Waals surface area contributed by atoms with Crippen LogP contribution in [0.5, 0.6) is 0 Å². The molecule has 35 heavy (non-hydrogen) atoms. The van der Waals surface area contributed by atoms with E-state index >= 15 is 0 Å². The monoisotopic (exact) mass is 500 g/mol. The molecule has 186 valence electrons. The number of carboxylic acids is 1. The van der Waals surface area contributed by atoms with E-state index in [9.17, 15) is 22.8 Å². The summed E-state index contributed by atoms with van der Waals surface area (Å²) in [7, 11) is -3.44. The third kappa shape index (κ3) is 5.32. The summed E-state index contributed by atoms with van der Waals surface area (Å²) in [5, 5.41) is 11.7. The first-order valence-corrected chi connectivity index (χ1v) is 13.4. The van der Waals surface area contributed by atoms with E-state index in [2.05, 4.69) is 5.32 Å². The first kappa shape index (κ1) is 24.7. The van der Waals surface area contributed by atoms with E-state index in [0.717, 1.165) is 22.3 Å². The fraction of sp³-hybridized carbons (Fsp3) is 0.400. The Kier molecular flexibility index (Phi) is 7.11. The number of amides is 2. The first-order chi connectivity index (χ1) is 16.7. The maximum Gasteiger partial charge on any atom is 0.407 e. The zero-order valence-electron chi connectivity index (χ0n) is 19.3. The minimum atomic E-state index is -3.44. The SMILES string of the molecule is CC[C@@H](NC(=O)OCC1c2ccccc2-c2ccccc21)C(=O)N1CCS(=O)(=O)CC1CC(=O)O. The van der Waals surface area contributed by atoms with Gasteiger partial charge in [-0.15, -0.1) is 0 Å². The molecule has 0 aromatic heterocycles. The van der Waals surface area contributed by atoms with Crippen molar-refractivity contribution in [1.82, 2.24) is 10.2 Å². The number of sulfone groups is 1. The zero-order valence-corrected chi connectivity index (χ0v) is 20.2. The molecule has 1 unspecified atom stereocenters. The van der Waals surface area contributed by atoms with Crippen molar-refractivity contribution in [2.45, 2.75) is 37.8 Å². The van der Waals surface area contributed by atoms with Crippen LogP contribution in [-0.2, 0) is 24.2 Å². The number of fused-ring (bicyclic) bond motifs is 3. The molecule has 0 bridgehead atoms. The largest absolute Gasteiger partial charge is 0.481 e. The smallest absolute Gasteiger partial charge is 0.407 e. The predicted octanol–water partition coefficient (Wildman–Crippen LogP) is 2.40. The molecule has 9 nitrogen and oxygen atoms in total. The van der Waals surface area contributed by atoms with Gasteiger partial charge in [-0.1, -0.05) is 55.5 Å². The number of nitrogens with zero attached hydrogens (tertiary/aromatic N) is 1. The highest BCUT2D eigenvalue weighted by Crippen LogP contribution is 2.44. The standard InChI is InChI=1S/C25H28N2O7S/c1-2-22(24(30)27-11-12-35(32,33)15-16(27)13-23(28)29)26-25(31)34-14-21-19-9-5-3-7-17(19)18-8-4-6-10-20(18)21/h3-10,16,21-22H,2,11-15H2,1H3,(H,26,31)(H,28,29)/t16?,22-/m1/s1. The summed E-state index contributed by atoms with van der Waals surface area (Å²) < 4.78 is 29.5. The Labute approximate surface area is 204 Å². The van der Waals surface area contributed by atoms with Crippen molar-refractivity contribution >= 4 is 27.8 Å². The molecule has 2 atom stereocenters. The second kappa shape index (κ2) is 10.1. The molecule has 0 saturated carbocycles. The molecule has 2 N–H and O–H groups in total. The third-order valence-electron chi connectivity index (χ3n) is 6.57. The first-order valence-electron chi connectivity index (χ1n) is 11.5. The van der Waals surface area contributed by atoms with Crippen LogP contribution in [-0.4, -0.2) is 73.1 Å². The van der Waals surface area contributed by atoms with Crippen molar-refractivity contribution in [3.63, 3.8) is 0 Å². The Hall–Kier alpha value is -3.40. The fourth-order valence-corrected chi connectivity index (χ4v) is 6.39. The Morgan fingerprint density at radius 2 is 1.69 bits per heavy atom. The van der Waals surface area contributed by atoms with Crippen LogP contribution in [0.25, 0.3) is 11.1 Å². The number of ether oxygens (including phenoxy) is 1. The zero-order chi connectivity index (χ0) is 25.2. The minimum absolute atomic E-state index is 0.0914. The maximum atomic E-state index is 13.1. The summed E-state index contributed by atoms with van der Waals surface area (Å²) in [6, 6.07) is 14.0. The van der Waals surface area contributed by atoms with Gasteiger partial charge in [0, 0.05) is 12.5 Å². The van der Waals surface area contributed by atoms with Crippen LogP contribution in [0.15, 0.2) is 48.5 Å². The summed E-state index contributed by atoms with van der Waals surface area (Å²) in [6.07, 6.45) is -0.996. The number of rotatable bonds is 7. The number of benzene rings is 2. The summed E-state index contributed by atoms with van der Waals surface area (Å²) in [4.78, 5) is 38.3. The minimum Gasteiger partial charge on any atom is -0.481 e. The van der Waals surface area contributed by atoms with Gasteiger partial charge in [0.1, 0.15) is 12.6 Å². The quantitative estimate of drug-likeness (QED) is 0.597. The molecule has 4 rings (SSSR count). The molecule has 0 spiro atoms. The molecular weight excluding hydrogens is 472 g/mol. The Bertz CT molecular complexity index is 1200. The molecule has 10 heteroatoms. The van der Waals surface area contributed by atoms with E-state index < -0.39 is 52.1 Å². The Morgan fingerprint density at radius 1 is 1.09 bits per heavy atom. The number of carboxylic acid groups (broad SMARTS) is 1. The van der Waals surface area contributed by atoms with E-state index in [1.807, 2.05) is 48.5 Å². The van der Waals surface area contributed by atoms with Gasteiger partial charge in [-0.2, -0.15) is 0 Å².